The normalized spacial score (nSPS) is 46.2. The fraction of sp³-hybridized carbons (Fsp3) is 0.829. The van der Waals surface area contributed by atoms with E-state index >= 15 is 0 Å². The maximum atomic E-state index is 12.8. The molecule has 5 N–H and O–H groups in total. The van der Waals surface area contributed by atoms with Crippen LogP contribution in [0.4, 0.5) is 0 Å². The minimum Gasteiger partial charge on any atom is -0.462 e. The number of cyclic esters (lactones) is 1. The molecule has 282 valence electrons. The number of likely N-dealkylation sites (N-methyl/N-ethyl adjacent to an activating group) is 1. The number of hydrogen-bond acceptors (Lipinski definition) is 14. The first kappa shape index (κ1) is 41.6. The molecule has 0 bridgehead atoms. The van der Waals surface area contributed by atoms with E-state index in [0.29, 0.717) is 6.42 Å². The van der Waals surface area contributed by atoms with Crippen LogP contribution < -0.4 is 0 Å². The lowest BCUT2D eigenvalue weighted by Gasteiger charge is -2.50. The second-order valence-corrected chi connectivity index (χ2v) is 14.3. The average molecular weight is 702 g/mol. The van der Waals surface area contributed by atoms with Crippen LogP contribution in [0.3, 0.4) is 0 Å². The SMILES string of the molecule is CO[C@H]1[C@@H](O[C@H]2O[C@H](C)[C@@H](O[C@@H]3C[C@](C)(O)[C@H](O)[C@@H](C)O3)[C@H](N(C)C)[C@H]2O)[C@@H](CC=O)C[C@@H](C)[C@@H](O)/C=C/C=C\C[C@@H](C)OC(=O)C[C@H]1O. The molecule has 14 heteroatoms. The quantitative estimate of drug-likeness (QED) is 0.177. The Hall–Kier alpha value is -1.82. The Labute approximate surface area is 289 Å². The van der Waals surface area contributed by atoms with Crippen LogP contribution in [0.5, 0.6) is 0 Å². The number of rotatable bonds is 8. The highest BCUT2D eigenvalue weighted by Crippen LogP contribution is 2.36. The first-order chi connectivity index (χ1) is 23.0. The van der Waals surface area contributed by atoms with Gasteiger partial charge in [-0.05, 0) is 60.0 Å². The highest BCUT2D eigenvalue weighted by atomic mass is 16.7. The van der Waals surface area contributed by atoms with Gasteiger partial charge in [0.2, 0.25) is 0 Å². The van der Waals surface area contributed by atoms with E-state index < -0.39 is 104 Å². The molecule has 0 aliphatic carbocycles. The first-order valence-electron chi connectivity index (χ1n) is 17.2. The summed E-state index contributed by atoms with van der Waals surface area (Å²) < 4.78 is 36.1. The maximum absolute atomic E-state index is 12.8. The van der Waals surface area contributed by atoms with E-state index in [4.69, 9.17) is 28.4 Å². The summed E-state index contributed by atoms with van der Waals surface area (Å²) in [4.78, 5) is 26.6. The standard InChI is InChI=1S/C35H59NO13/c1-19-16-23(14-15-37)31(32(44-8)25(39)17-26(40)45-20(2)12-10-9-11-13-24(19)38)49-34-29(41)28(36(6)7)30(21(3)47-34)48-27-18-35(5,43)33(42)22(4)46-27/h9-11,13,15,19-25,27-34,38-39,41-43H,12,14,16-18H2,1-8H3/b10-9-,13-11+/t19-,20-,21-,22-,23+,24+,25-,27-,28-,29-,30-,31+,32-,33-,34-,35+/m1/s1. The van der Waals surface area contributed by atoms with Crippen molar-refractivity contribution in [2.24, 2.45) is 11.8 Å². The molecule has 0 unspecified atom stereocenters. The van der Waals surface area contributed by atoms with Gasteiger partial charge in [-0.15, -0.1) is 0 Å². The van der Waals surface area contributed by atoms with E-state index in [-0.39, 0.29) is 25.2 Å². The Balaban J connectivity index is 1.94. The number of aliphatic hydroxyl groups is 5. The predicted molar refractivity (Wildman–Crippen MR) is 177 cm³/mol. The molecule has 0 amide bonds. The van der Waals surface area contributed by atoms with Crippen LogP contribution in [0.1, 0.15) is 66.7 Å². The summed E-state index contributed by atoms with van der Waals surface area (Å²) in [6, 6.07) is -0.721. The van der Waals surface area contributed by atoms with Gasteiger partial charge in [-0.25, -0.2) is 0 Å². The van der Waals surface area contributed by atoms with Crippen LogP contribution in [0.2, 0.25) is 0 Å². The minimum atomic E-state index is -1.46. The number of methoxy groups -OCH3 is 1. The zero-order valence-corrected chi connectivity index (χ0v) is 30.0. The largest absolute Gasteiger partial charge is 0.462 e. The van der Waals surface area contributed by atoms with Crippen LogP contribution in [0.25, 0.3) is 0 Å². The Morgan fingerprint density at radius 1 is 1.00 bits per heavy atom. The maximum Gasteiger partial charge on any atom is 0.308 e. The Kier molecular flexibility index (Phi) is 15.8. The smallest absolute Gasteiger partial charge is 0.308 e. The number of ether oxygens (including phenoxy) is 6. The zero-order valence-electron chi connectivity index (χ0n) is 30.0. The summed E-state index contributed by atoms with van der Waals surface area (Å²) in [6.07, 6.45) is -4.00. The molecule has 2 fully saturated rings. The molecule has 0 radical (unpaired) electrons. The van der Waals surface area contributed by atoms with E-state index in [9.17, 15) is 35.1 Å². The lowest BCUT2D eigenvalue weighted by molar-refractivity contribution is -0.344. The van der Waals surface area contributed by atoms with Crippen molar-refractivity contribution in [2.45, 2.75) is 152 Å². The van der Waals surface area contributed by atoms with Gasteiger partial charge in [0, 0.05) is 26.4 Å². The number of aliphatic hydroxyl groups excluding tert-OH is 4. The van der Waals surface area contributed by atoms with Crippen LogP contribution in [0.15, 0.2) is 24.3 Å². The van der Waals surface area contributed by atoms with E-state index in [1.165, 1.54) is 14.0 Å². The van der Waals surface area contributed by atoms with E-state index in [1.807, 2.05) is 13.0 Å². The summed E-state index contributed by atoms with van der Waals surface area (Å²) >= 11 is 0. The fourth-order valence-electron chi connectivity index (χ4n) is 7.04. The van der Waals surface area contributed by atoms with Crippen molar-refractivity contribution in [2.75, 3.05) is 21.2 Å². The molecule has 2 saturated heterocycles. The molecule has 0 spiro atoms. The van der Waals surface area contributed by atoms with E-state index in [0.717, 1.165) is 6.29 Å². The molecule has 3 aliphatic heterocycles. The molecule has 3 rings (SSSR count). The van der Waals surface area contributed by atoms with Crippen molar-refractivity contribution in [3.05, 3.63) is 24.3 Å². The van der Waals surface area contributed by atoms with E-state index in [1.54, 1.807) is 58.0 Å². The van der Waals surface area contributed by atoms with Gasteiger partial charge in [-0.1, -0.05) is 31.2 Å². The Morgan fingerprint density at radius 3 is 2.31 bits per heavy atom. The van der Waals surface area contributed by atoms with E-state index in [2.05, 4.69) is 0 Å². The summed E-state index contributed by atoms with van der Waals surface area (Å²) in [6.45, 7) is 8.44. The summed E-state index contributed by atoms with van der Waals surface area (Å²) in [7, 11) is 4.86. The predicted octanol–water partition coefficient (Wildman–Crippen LogP) is 0.846. The van der Waals surface area contributed by atoms with Gasteiger partial charge in [0.15, 0.2) is 12.6 Å². The van der Waals surface area contributed by atoms with Crippen molar-refractivity contribution in [3.8, 4) is 0 Å². The lowest BCUT2D eigenvalue weighted by atomic mass is 9.82. The van der Waals surface area contributed by atoms with Gasteiger partial charge in [-0.2, -0.15) is 0 Å². The van der Waals surface area contributed by atoms with Gasteiger partial charge in [0.25, 0.3) is 0 Å². The lowest BCUT2D eigenvalue weighted by Crippen LogP contribution is -2.65. The van der Waals surface area contributed by atoms with Gasteiger partial charge in [0.1, 0.15) is 36.8 Å². The molecule has 3 aliphatic rings. The third kappa shape index (κ3) is 11.1. The van der Waals surface area contributed by atoms with Crippen molar-refractivity contribution in [3.63, 3.8) is 0 Å². The van der Waals surface area contributed by atoms with Crippen LogP contribution in [-0.4, -0.2) is 149 Å². The molecule has 3 heterocycles. The molecule has 0 aromatic carbocycles. The Bertz CT molecular complexity index is 1100. The molecule has 0 aromatic heterocycles. The molecular weight excluding hydrogens is 642 g/mol. The summed E-state index contributed by atoms with van der Waals surface area (Å²) in [5.74, 6) is -1.64. The van der Waals surface area contributed by atoms with Gasteiger partial charge in [-0.3, -0.25) is 4.79 Å². The second-order valence-electron chi connectivity index (χ2n) is 14.3. The number of carbonyl (C=O) groups excluding carboxylic acids is 2. The number of hydrogen-bond donors (Lipinski definition) is 5. The molecule has 0 saturated carbocycles. The number of allylic oxidation sites excluding steroid dienone is 2. The fourth-order valence-corrected chi connectivity index (χ4v) is 7.04. The third-order valence-electron chi connectivity index (χ3n) is 9.83. The van der Waals surface area contributed by atoms with Crippen LogP contribution in [-0.2, 0) is 38.0 Å². The molecule has 14 nitrogen and oxygen atoms in total. The highest BCUT2D eigenvalue weighted by Gasteiger charge is 2.51. The average Bonchev–Trinajstić information content (AvgIpc) is 3.00. The topological polar surface area (TPSA) is 194 Å². The second kappa shape index (κ2) is 18.6. The van der Waals surface area contributed by atoms with Gasteiger partial charge >= 0.3 is 5.97 Å². The highest BCUT2D eigenvalue weighted by molar-refractivity contribution is 5.70. The minimum absolute atomic E-state index is 0.0164. The monoisotopic (exact) mass is 701 g/mol. The molecule has 0 aromatic rings. The third-order valence-corrected chi connectivity index (χ3v) is 9.83. The molecule has 16 atom stereocenters. The molecular formula is C35H59NO13. The number of carbonyl (C=O) groups is 2. The number of aldehydes is 1. The first-order valence-corrected chi connectivity index (χ1v) is 17.2. The van der Waals surface area contributed by atoms with Crippen molar-refractivity contribution >= 4 is 12.3 Å². The molecule has 49 heavy (non-hydrogen) atoms. The number of nitrogens with zero attached hydrogens (tertiary/aromatic N) is 1. The zero-order chi connectivity index (χ0) is 36.6. The summed E-state index contributed by atoms with van der Waals surface area (Å²) in [5, 5.41) is 55.2. The van der Waals surface area contributed by atoms with Crippen LogP contribution in [0, 0.1) is 11.8 Å². The summed E-state index contributed by atoms with van der Waals surface area (Å²) in [5.41, 5.74) is -1.46. The van der Waals surface area contributed by atoms with Crippen molar-refractivity contribution in [1.82, 2.24) is 4.90 Å². The van der Waals surface area contributed by atoms with Crippen molar-refractivity contribution in [1.29, 1.82) is 0 Å². The van der Waals surface area contributed by atoms with Gasteiger partial charge in [0.05, 0.1) is 48.6 Å². The van der Waals surface area contributed by atoms with Crippen molar-refractivity contribution < 1.29 is 63.5 Å². The van der Waals surface area contributed by atoms with Gasteiger partial charge < -0.3 is 63.6 Å². The Morgan fingerprint density at radius 2 is 1.69 bits per heavy atom. The number of esters is 1. The van der Waals surface area contributed by atoms with Crippen LogP contribution >= 0.6 is 0 Å².